The Balaban J connectivity index is 1.28. The lowest BCUT2D eigenvalue weighted by molar-refractivity contribution is -0.116. The van der Waals surface area contributed by atoms with Crippen molar-refractivity contribution in [2.24, 2.45) is 0 Å². The average molecular weight is 388 g/mol. The smallest absolute Gasteiger partial charge is 0.408 e. The topological polar surface area (TPSA) is 99.4 Å². The van der Waals surface area contributed by atoms with E-state index in [1.165, 1.54) is 4.57 Å². The summed E-state index contributed by atoms with van der Waals surface area (Å²) in [5.74, 6) is -0.908. The number of hydrogen-bond acceptors (Lipinski definition) is 5. The Morgan fingerprint density at radius 3 is 2.86 bits per heavy atom. The molecule has 4 heterocycles. The third kappa shape index (κ3) is 3.29. The first-order chi connectivity index (χ1) is 14.2. The van der Waals surface area contributed by atoms with E-state index in [-0.39, 0.29) is 12.5 Å². The Kier molecular flexibility index (Phi) is 3.98. The van der Waals surface area contributed by atoms with E-state index in [9.17, 15) is 9.59 Å². The lowest BCUT2D eigenvalue weighted by Crippen LogP contribution is -2.24. The molecule has 1 aromatic carbocycles. The van der Waals surface area contributed by atoms with Crippen molar-refractivity contribution in [1.29, 1.82) is 0 Å². The van der Waals surface area contributed by atoms with E-state index in [0.717, 1.165) is 11.3 Å². The molecule has 0 spiro atoms. The van der Waals surface area contributed by atoms with Crippen molar-refractivity contribution in [3.8, 4) is 0 Å². The van der Waals surface area contributed by atoms with Crippen LogP contribution >= 0.6 is 0 Å². The Morgan fingerprint density at radius 2 is 1.97 bits per heavy atom. The predicted octanol–water partition coefficient (Wildman–Crippen LogP) is 2.13. The number of para-hydroxylation sites is 2. The van der Waals surface area contributed by atoms with Gasteiger partial charge >= 0.3 is 5.76 Å². The Labute approximate surface area is 163 Å². The Bertz CT molecular complexity index is 1360. The highest BCUT2D eigenvalue weighted by Gasteiger charge is 2.13. The summed E-state index contributed by atoms with van der Waals surface area (Å²) in [4.78, 5) is 28.9. The minimum atomic E-state index is -0.566. The summed E-state index contributed by atoms with van der Waals surface area (Å²) >= 11 is 0. The van der Waals surface area contributed by atoms with Crippen LogP contribution in [0.25, 0.3) is 16.7 Å². The number of rotatable bonds is 5. The van der Waals surface area contributed by atoms with Crippen LogP contribution < -0.4 is 11.1 Å². The van der Waals surface area contributed by atoms with Gasteiger partial charge in [-0.2, -0.15) is 5.10 Å². The van der Waals surface area contributed by atoms with Crippen molar-refractivity contribution in [3.05, 3.63) is 83.5 Å². The van der Waals surface area contributed by atoms with Crippen LogP contribution in [0.3, 0.4) is 0 Å². The van der Waals surface area contributed by atoms with Gasteiger partial charge in [0.1, 0.15) is 12.2 Å². The molecule has 1 N–H and O–H groups in total. The lowest BCUT2D eigenvalue weighted by Gasteiger charge is -2.03. The third-order valence-corrected chi connectivity index (χ3v) is 4.53. The van der Waals surface area contributed by atoms with Gasteiger partial charge in [0.2, 0.25) is 5.91 Å². The highest BCUT2D eigenvalue weighted by atomic mass is 16.4. The molecule has 0 bridgehead atoms. The molecule has 0 aliphatic rings. The molecule has 0 atom stereocenters. The van der Waals surface area contributed by atoms with Crippen molar-refractivity contribution >= 4 is 28.3 Å². The number of amides is 1. The molecular weight excluding hydrogens is 372 g/mol. The van der Waals surface area contributed by atoms with Crippen LogP contribution in [0.4, 0.5) is 5.69 Å². The molecule has 0 aliphatic heterocycles. The number of carbonyl (C=O) groups excluding carboxylic acids is 1. The summed E-state index contributed by atoms with van der Waals surface area (Å²) in [5, 5.41) is 7.02. The molecular formula is C20H16N6O3. The number of imidazole rings is 1. The van der Waals surface area contributed by atoms with Crippen LogP contribution in [0, 0.1) is 0 Å². The first-order valence-electron chi connectivity index (χ1n) is 8.99. The Morgan fingerprint density at radius 1 is 1.10 bits per heavy atom. The molecule has 9 heteroatoms. The number of oxazole rings is 1. The average Bonchev–Trinajstić information content (AvgIpc) is 3.40. The van der Waals surface area contributed by atoms with E-state index in [4.69, 9.17) is 4.42 Å². The maximum absolute atomic E-state index is 12.4. The number of aromatic nitrogens is 5. The molecule has 5 rings (SSSR count). The number of benzene rings is 1. The normalized spacial score (nSPS) is 11.3. The van der Waals surface area contributed by atoms with Crippen molar-refractivity contribution in [2.75, 3.05) is 5.32 Å². The molecule has 9 nitrogen and oxygen atoms in total. The SMILES string of the molecule is O=C(Cn1c(=O)oc2ccccc21)Nc1cnn(Cc2cn3ccccc3n2)c1. The molecule has 0 fully saturated rings. The molecule has 144 valence electrons. The van der Waals surface area contributed by atoms with E-state index in [0.29, 0.717) is 23.3 Å². The zero-order valence-electron chi connectivity index (χ0n) is 15.2. The summed E-state index contributed by atoms with van der Waals surface area (Å²) < 4.78 is 10.1. The van der Waals surface area contributed by atoms with Gasteiger partial charge in [0.05, 0.1) is 29.6 Å². The van der Waals surface area contributed by atoms with Crippen LogP contribution in [0.1, 0.15) is 5.69 Å². The Hall–Kier alpha value is -4.14. The van der Waals surface area contributed by atoms with Crippen LogP contribution in [0.15, 0.2) is 76.5 Å². The third-order valence-electron chi connectivity index (χ3n) is 4.53. The van der Waals surface area contributed by atoms with Gasteiger partial charge in [-0.05, 0) is 24.3 Å². The van der Waals surface area contributed by atoms with Crippen LogP contribution in [0.5, 0.6) is 0 Å². The first-order valence-corrected chi connectivity index (χ1v) is 8.99. The number of pyridine rings is 1. The number of nitrogens with zero attached hydrogens (tertiary/aromatic N) is 5. The molecule has 0 saturated carbocycles. The second-order valence-corrected chi connectivity index (χ2v) is 6.59. The van der Waals surface area contributed by atoms with Gasteiger partial charge in [0.25, 0.3) is 0 Å². The van der Waals surface area contributed by atoms with Crippen molar-refractivity contribution in [3.63, 3.8) is 0 Å². The molecule has 0 aliphatic carbocycles. The standard InChI is InChI=1S/C20H16N6O3/c27-19(13-26-16-5-1-2-6-17(16)29-20(26)28)23-14-9-21-25(11-14)12-15-10-24-8-4-3-7-18(24)22-15/h1-11H,12-13H2,(H,23,27). The summed E-state index contributed by atoms with van der Waals surface area (Å²) in [6.45, 7) is 0.330. The molecule has 29 heavy (non-hydrogen) atoms. The van der Waals surface area contributed by atoms with E-state index in [2.05, 4.69) is 15.4 Å². The molecule has 0 radical (unpaired) electrons. The van der Waals surface area contributed by atoms with Crippen LogP contribution in [-0.4, -0.2) is 29.6 Å². The van der Waals surface area contributed by atoms with Crippen molar-refractivity contribution < 1.29 is 9.21 Å². The number of carbonyl (C=O) groups is 1. The monoisotopic (exact) mass is 388 g/mol. The molecule has 0 unspecified atom stereocenters. The quantitative estimate of drug-likeness (QED) is 0.497. The van der Waals surface area contributed by atoms with Gasteiger partial charge in [-0.3, -0.25) is 14.0 Å². The predicted molar refractivity (Wildman–Crippen MR) is 106 cm³/mol. The zero-order chi connectivity index (χ0) is 19.8. The fraction of sp³-hybridized carbons (Fsp3) is 0.100. The zero-order valence-corrected chi connectivity index (χ0v) is 15.2. The fourth-order valence-electron chi connectivity index (χ4n) is 3.25. The minimum Gasteiger partial charge on any atom is -0.408 e. The van der Waals surface area contributed by atoms with Crippen molar-refractivity contribution in [1.82, 2.24) is 23.7 Å². The summed E-state index contributed by atoms with van der Waals surface area (Å²) in [6.07, 6.45) is 7.15. The highest BCUT2D eigenvalue weighted by Crippen LogP contribution is 2.13. The van der Waals surface area contributed by atoms with Crippen LogP contribution in [0.2, 0.25) is 0 Å². The minimum absolute atomic E-state index is 0.145. The molecule has 4 aromatic heterocycles. The van der Waals surface area contributed by atoms with Gasteiger partial charge in [0.15, 0.2) is 5.58 Å². The van der Waals surface area contributed by atoms with Gasteiger partial charge in [-0.1, -0.05) is 18.2 Å². The first kappa shape index (κ1) is 17.0. The lowest BCUT2D eigenvalue weighted by atomic mass is 10.3. The van der Waals surface area contributed by atoms with E-state index in [1.54, 1.807) is 41.3 Å². The van der Waals surface area contributed by atoms with Gasteiger partial charge < -0.3 is 14.1 Å². The van der Waals surface area contributed by atoms with Crippen LogP contribution in [-0.2, 0) is 17.9 Å². The number of nitrogens with one attached hydrogen (secondary N) is 1. The molecule has 0 saturated heterocycles. The maximum atomic E-state index is 12.4. The fourth-order valence-corrected chi connectivity index (χ4v) is 3.25. The number of anilines is 1. The highest BCUT2D eigenvalue weighted by molar-refractivity contribution is 5.91. The molecule has 1 amide bonds. The second-order valence-electron chi connectivity index (χ2n) is 6.59. The van der Waals surface area contributed by atoms with Gasteiger partial charge in [0, 0.05) is 18.6 Å². The largest absolute Gasteiger partial charge is 0.420 e. The van der Waals surface area contributed by atoms with E-state index in [1.807, 2.05) is 35.0 Å². The van der Waals surface area contributed by atoms with E-state index >= 15 is 0 Å². The number of hydrogen-bond donors (Lipinski definition) is 1. The van der Waals surface area contributed by atoms with Gasteiger partial charge in [-0.15, -0.1) is 0 Å². The van der Waals surface area contributed by atoms with Gasteiger partial charge in [-0.25, -0.2) is 9.78 Å². The second kappa shape index (κ2) is 6.79. The number of fused-ring (bicyclic) bond motifs is 2. The molecule has 5 aromatic rings. The summed E-state index contributed by atoms with van der Waals surface area (Å²) in [6, 6.07) is 12.8. The van der Waals surface area contributed by atoms with E-state index < -0.39 is 5.76 Å². The summed E-state index contributed by atoms with van der Waals surface area (Å²) in [7, 11) is 0. The maximum Gasteiger partial charge on any atom is 0.420 e. The summed E-state index contributed by atoms with van der Waals surface area (Å²) in [5.41, 5.74) is 3.29. The van der Waals surface area contributed by atoms with Crippen molar-refractivity contribution in [2.45, 2.75) is 13.1 Å².